The fraction of sp³-hybridized carbons (Fsp3) is 0.636. The van der Waals surface area contributed by atoms with Gasteiger partial charge in [-0.1, -0.05) is 19.1 Å². The Morgan fingerprint density at radius 3 is 2.72 bits per heavy atom. The smallest absolute Gasteiger partial charge is 0.409 e. The molecular weight excluding hydrogens is 368 g/mol. The normalized spacial score (nSPS) is 15.1. The molecule has 2 rings (SSSR count). The number of hydrogen-bond donors (Lipinski definition) is 2. The number of nitrogens with one attached hydrogen (secondary N) is 2. The third kappa shape index (κ3) is 8.21. The number of carbonyl (C=O) groups excluding carboxylic acids is 1. The molecule has 0 radical (unpaired) electrons. The second kappa shape index (κ2) is 12.9. The molecule has 2 N–H and O–H groups in total. The van der Waals surface area contributed by atoms with Gasteiger partial charge in [0, 0.05) is 32.2 Å². The van der Waals surface area contributed by atoms with E-state index in [2.05, 4.69) is 36.6 Å². The van der Waals surface area contributed by atoms with Gasteiger partial charge >= 0.3 is 6.09 Å². The van der Waals surface area contributed by atoms with E-state index in [9.17, 15) is 4.79 Å². The Morgan fingerprint density at radius 1 is 1.24 bits per heavy atom. The highest BCUT2D eigenvalue weighted by molar-refractivity contribution is 5.80. The van der Waals surface area contributed by atoms with Gasteiger partial charge in [0.2, 0.25) is 0 Å². The molecule has 1 heterocycles. The number of carbonyl (C=O) groups is 1. The molecule has 0 bridgehead atoms. The second-order valence-electron chi connectivity index (χ2n) is 7.11. The summed E-state index contributed by atoms with van der Waals surface area (Å²) in [7, 11) is 0. The largest absolute Gasteiger partial charge is 0.494 e. The molecule has 0 unspecified atom stereocenters. The molecule has 7 nitrogen and oxygen atoms in total. The summed E-state index contributed by atoms with van der Waals surface area (Å²) < 4.78 is 10.8. The van der Waals surface area contributed by atoms with Gasteiger partial charge in [0.05, 0.1) is 13.2 Å². The van der Waals surface area contributed by atoms with E-state index < -0.39 is 0 Å². The Hall–Kier alpha value is -2.44. The summed E-state index contributed by atoms with van der Waals surface area (Å²) in [6, 6.07) is 8.54. The SMILES string of the molecule is CCCOc1cccc(CCN=C(NCC)NC2CCN(C(=O)OCC)CC2)c1. The van der Waals surface area contributed by atoms with E-state index in [1.807, 2.05) is 19.1 Å². The highest BCUT2D eigenvalue weighted by Gasteiger charge is 2.23. The van der Waals surface area contributed by atoms with Crippen molar-refractivity contribution in [2.24, 2.45) is 4.99 Å². The minimum atomic E-state index is -0.211. The van der Waals surface area contributed by atoms with Crippen LogP contribution >= 0.6 is 0 Å². The summed E-state index contributed by atoms with van der Waals surface area (Å²) in [5.41, 5.74) is 1.22. The lowest BCUT2D eigenvalue weighted by molar-refractivity contribution is 0.0963. The quantitative estimate of drug-likeness (QED) is 0.488. The third-order valence-electron chi connectivity index (χ3n) is 4.75. The fourth-order valence-electron chi connectivity index (χ4n) is 3.24. The van der Waals surface area contributed by atoms with Crippen LogP contribution in [0.25, 0.3) is 0 Å². The maximum absolute atomic E-state index is 11.8. The molecule has 29 heavy (non-hydrogen) atoms. The molecule has 1 fully saturated rings. The van der Waals surface area contributed by atoms with Crippen molar-refractivity contribution in [3.8, 4) is 5.75 Å². The van der Waals surface area contributed by atoms with Gasteiger partial charge in [-0.05, 0) is 57.2 Å². The van der Waals surface area contributed by atoms with Crippen LogP contribution in [-0.2, 0) is 11.2 Å². The summed E-state index contributed by atoms with van der Waals surface area (Å²) in [4.78, 5) is 18.3. The van der Waals surface area contributed by atoms with Gasteiger partial charge in [0.15, 0.2) is 5.96 Å². The maximum atomic E-state index is 11.8. The number of likely N-dealkylation sites (tertiary alicyclic amines) is 1. The van der Waals surface area contributed by atoms with E-state index in [4.69, 9.17) is 14.5 Å². The number of rotatable bonds is 9. The van der Waals surface area contributed by atoms with Crippen molar-refractivity contribution in [3.63, 3.8) is 0 Å². The summed E-state index contributed by atoms with van der Waals surface area (Å²) >= 11 is 0. The summed E-state index contributed by atoms with van der Waals surface area (Å²) in [5.74, 6) is 1.76. The van der Waals surface area contributed by atoms with Gasteiger partial charge in [-0.3, -0.25) is 4.99 Å². The van der Waals surface area contributed by atoms with Crippen LogP contribution in [0.1, 0.15) is 45.6 Å². The molecule has 7 heteroatoms. The Kier molecular flexibility index (Phi) is 10.2. The predicted octanol–water partition coefficient (Wildman–Crippen LogP) is 3.19. The number of nitrogens with zero attached hydrogens (tertiary/aromatic N) is 2. The molecule has 1 saturated heterocycles. The Morgan fingerprint density at radius 2 is 2.03 bits per heavy atom. The highest BCUT2D eigenvalue weighted by atomic mass is 16.6. The molecule has 1 aromatic rings. The molecule has 0 atom stereocenters. The van der Waals surface area contributed by atoms with Crippen molar-refractivity contribution in [1.82, 2.24) is 15.5 Å². The molecule has 1 aromatic carbocycles. The van der Waals surface area contributed by atoms with Crippen LogP contribution < -0.4 is 15.4 Å². The minimum absolute atomic E-state index is 0.211. The highest BCUT2D eigenvalue weighted by Crippen LogP contribution is 2.14. The van der Waals surface area contributed by atoms with Gasteiger partial charge in [0.1, 0.15) is 5.75 Å². The zero-order valence-electron chi connectivity index (χ0n) is 18.1. The Labute approximate surface area is 174 Å². The van der Waals surface area contributed by atoms with E-state index in [-0.39, 0.29) is 6.09 Å². The number of benzene rings is 1. The lowest BCUT2D eigenvalue weighted by atomic mass is 10.1. The van der Waals surface area contributed by atoms with E-state index in [0.717, 1.165) is 50.5 Å². The average Bonchev–Trinajstić information content (AvgIpc) is 2.73. The molecule has 0 aliphatic carbocycles. The van der Waals surface area contributed by atoms with Gasteiger partial charge in [-0.25, -0.2) is 4.79 Å². The van der Waals surface area contributed by atoms with Crippen LogP contribution in [0.4, 0.5) is 4.79 Å². The molecule has 1 aliphatic rings. The van der Waals surface area contributed by atoms with Crippen LogP contribution in [0.15, 0.2) is 29.3 Å². The van der Waals surface area contributed by atoms with Crippen LogP contribution in [0.5, 0.6) is 5.75 Å². The molecular formula is C22H36N4O3. The van der Waals surface area contributed by atoms with Gasteiger partial charge in [0.25, 0.3) is 0 Å². The summed E-state index contributed by atoms with van der Waals surface area (Å²) in [6.07, 6.45) is 3.43. The molecule has 0 spiro atoms. The first-order valence-corrected chi connectivity index (χ1v) is 10.8. The van der Waals surface area contributed by atoms with Gasteiger partial charge in [-0.15, -0.1) is 0 Å². The second-order valence-corrected chi connectivity index (χ2v) is 7.11. The minimum Gasteiger partial charge on any atom is -0.494 e. The zero-order chi connectivity index (χ0) is 20.9. The maximum Gasteiger partial charge on any atom is 0.409 e. The standard InChI is InChI=1S/C22H36N4O3/c1-4-16-29-20-9-7-8-18(17-20)10-13-24-21(23-5-2)25-19-11-14-26(15-12-19)22(27)28-6-3/h7-9,17,19H,4-6,10-16H2,1-3H3,(H2,23,24,25). The number of guanidine groups is 1. The van der Waals surface area contributed by atoms with E-state index in [1.165, 1.54) is 5.56 Å². The van der Waals surface area contributed by atoms with Crippen molar-refractivity contribution in [2.45, 2.75) is 52.5 Å². The van der Waals surface area contributed by atoms with E-state index >= 15 is 0 Å². The summed E-state index contributed by atoms with van der Waals surface area (Å²) in [6.45, 7) is 10.1. The summed E-state index contributed by atoms with van der Waals surface area (Å²) in [5, 5.41) is 6.83. The predicted molar refractivity (Wildman–Crippen MR) is 117 cm³/mol. The van der Waals surface area contributed by atoms with Crippen molar-refractivity contribution in [1.29, 1.82) is 0 Å². The number of piperidine rings is 1. The number of aliphatic imine (C=N–C) groups is 1. The molecule has 1 aliphatic heterocycles. The van der Waals surface area contributed by atoms with Gasteiger partial charge < -0.3 is 25.0 Å². The zero-order valence-corrected chi connectivity index (χ0v) is 18.1. The number of amides is 1. The first-order valence-electron chi connectivity index (χ1n) is 10.8. The monoisotopic (exact) mass is 404 g/mol. The van der Waals surface area contributed by atoms with E-state index in [0.29, 0.717) is 32.3 Å². The molecule has 0 aromatic heterocycles. The molecule has 162 valence electrons. The van der Waals surface area contributed by atoms with Crippen molar-refractivity contribution >= 4 is 12.1 Å². The number of ether oxygens (including phenoxy) is 2. The van der Waals surface area contributed by atoms with Crippen LogP contribution in [0, 0.1) is 0 Å². The van der Waals surface area contributed by atoms with Crippen molar-refractivity contribution < 1.29 is 14.3 Å². The molecule has 0 saturated carbocycles. The Bertz CT molecular complexity index is 643. The van der Waals surface area contributed by atoms with Crippen LogP contribution in [-0.4, -0.2) is 62.4 Å². The topological polar surface area (TPSA) is 75.2 Å². The molecule has 1 amide bonds. The van der Waals surface area contributed by atoms with Crippen LogP contribution in [0.3, 0.4) is 0 Å². The third-order valence-corrected chi connectivity index (χ3v) is 4.75. The fourth-order valence-corrected chi connectivity index (χ4v) is 3.24. The first kappa shape index (κ1) is 22.8. The van der Waals surface area contributed by atoms with Crippen LogP contribution in [0.2, 0.25) is 0 Å². The van der Waals surface area contributed by atoms with Crippen molar-refractivity contribution in [3.05, 3.63) is 29.8 Å². The van der Waals surface area contributed by atoms with E-state index in [1.54, 1.807) is 4.90 Å². The average molecular weight is 405 g/mol. The van der Waals surface area contributed by atoms with Gasteiger partial charge in [-0.2, -0.15) is 0 Å². The Balaban J connectivity index is 1.82. The lowest BCUT2D eigenvalue weighted by Gasteiger charge is -2.32. The number of hydrogen-bond acceptors (Lipinski definition) is 4. The first-order chi connectivity index (χ1) is 14.2. The van der Waals surface area contributed by atoms with Crippen molar-refractivity contribution in [2.75, 3.05) is 39.4 Å². The lowest BCUT2D eigenvalue weighted by Crippen LogP contribution is -2.50.